The molecule has 2 amide bonds. The van der Waals surface area contributed by atoms with Gasteiger partial charge < -0.3 is 0 Å². The van der Waals surface area contributed by atoms with E-state index in [9.17, 15) is 14.0 Å². The van der Waals surface area contributed by atoms with Crippen LogP contribution in [0.4, 0.5) is 4.39 Å². The zero-order valence-corrected chi connectivity index (χ0v) is 9.96. The van der Waals surface area contributed by atoms with E-state index < -0.39 is 16.4 Å². The van der Waals surface area contributed by atoms with Crippen LogP contribution in [0.15, 0.2) is 17.0 Å². The second-order valence-corrected chi connectivity index (χ2v) is 4.85. The Balaban J connectivity index is 2.71. The van der Waals surface area contributed by atoms with Crippen molar-refractivity contribution in [2.45, 2.75) is 9.48 Å². The van der Waals surface area contributed by atoms with E-state index in [0.29, 0.717) is 0 Å². The number of fused-ring (bicyclic) bond motifs is 1. The van der Waals surface area contributed by atoms with E-state index in [0.717, 1.165) is 0 Å². The molecule has 1 N–H and O–H groups in total. The molecule has 0 aliphatic carbocycles. The minimum Gasteiger partial charge on any atom is -0.288 e. The lowest BCUT2D eigenvalue weighted by atomic mass is 10.1. The third-order valence-corrected chi connectivity index (χ3v) is 3.05. The van der Waals surface area contributed by atoms with Crippen LogP contribution in [-0.2, 0) is 4.59 Å². The van der Waals surface area contributed by atoms with Crippen LogP contribution in [0.5, 0.6) is 0 Å². The molecule has 0 radical (unpaired) electrons. The Bertz CT molecular complexity index is 513. The Morgan fingerprint density at radius 1 is 1.25 bits per heavy atom. The molecule has 0 bridgehead atoms. The largest absolute Gasteiger partial charge is 0.288 e. The summed E-state index contributed by atoms with van der Waals surface area (Å²) in [6.45, 7) is 0. The second-order valence-electron chi connectivity index (χ2n) is 3.17. The van der Waals surface area contributed by atoms with Gasteiger partial charge in [0.05, 0.1) is 11.1 Å². The monoisotopic (exact) mass is 279 g/mol. The number of alkyl halides is 3. The molecule has 1 aromatic carbocycles. The van der Waals surface area contributed by atoms with Crippen LogP contribution in [0.2, 0.25) is 0 Å². The van der Waals surface area contributed by atoms with Crippen LogP contribution in [0.1, 0.15) is 26.3 Å². The van der Waals surface area contributed by atoms with Crippen molar-refractivity contribution in [2.75, 3.05) is 0 Å². The number of halogens is 3. The number of hydrogen-bond acceptors (Lipinski definition) is 3. The van der Waals surface area contributed by atoms with Crippen molar-refractivity contribution in [1.29, 1.82) is 0 Å². The summed E-state index contributed by atoms with van der Waals surface area (Å²) in [5.41, 5.74) is -0.0340. The molecule has 0 unspecified atom stereocenters. The number of benzene rings is 1. The van der Waals surface area contributed by atoms with Gasteiger partial charge in [-0.25, -0.2) is 4.39 Å². The van der Waals surface area contributed by atoms with Crippen LogP contribution in [0.25, 0.3) is 0 Å². The van der Waals surface area contributed by atoms with Crippen LogP contribution < -0.4 is 5.32 Å². The van der Waals surface area contributed by atoms with Crippen molar-refractivity contribution in [3.8, 4) is 0 Å². The fourth-order valence-electron chi connectivity index (χ4n) is 1.47. The van der Waals surface area contributed by atoms with Crippen LogP contribution >= 0.6 is 35.8 Å². The van der Waals surface area contributed by atoms with Crippen molar-refractivity contribution in [2.24, 2.45) is 0 Å². The summed E-state index contributed by atoms with van der Waals surface area (Å²) < 4.78 is 10.7. The van der Waals surface area contributed by atoms with Gasteiger partial charge in [-0.3, -0.25) is 14.9 Å². The number of amides is 2. The van der Waals surface area contributed by atoms with Gasteiger partial charge in [-0.2, -0.15) is 0 Å². The van der Waals surface area contributed by atoms with E-state index in [2.05, 4.69) is 17.9 Å². The van der Waals surface area contributed by atoms with Gasteiger partial charge in [0.2, 0.25) is 0 Å². The molecule has 0 atom stereocenters. The Morgan fingerprint density at radius 3 is 2.44 bits per heavy atom. The van der Waals surface area contributed by atoms with Crippen molar-refractivity contribution >= 4 is 47.6 Å². The summed E-state index contributed by atoms with van der Waals surface area (Å²) in [6.07, 6.45) is 0. The van der Waals surface area contributed by atoms with E-state index in [1.165, 1.54) is 12.1 Å². The maximum Gasteiger partial charge on any atom is 0.284 e. The number of rotatable bonds is 1. The zero-order valence-electron chi connectivity index (χ0n) is 7.55. The van der Waals surface area contributed by atoms with Crippen molar-refractivity contribution in [1.82, 2.24) is 5.32 Å². The Kier molecular flexibility index (Phi) is 2.64. The maximum atomic E-state index is 13.3. The third kappa shape index (κ3) is 1.69. The number of carbonyl (C=O) groups excluding carboxylic acids is 2. The highest BCUT2D eigenvalue weighted by molar-refractivity contribution is 7.80. The molecular weight excluding hydrogens is 276 g/mol. The van der Waals surface area contributed by atoms with E-state index in [1.54, 1.807) is 0 Å². The number of imide groups is 1. The lowest BCUT2D eigenvalue weighted by molar-refractivity contribution is 0.0879. The van der Waals surface area contributed by atoms with E-state index in [4.69, 9.17) is 23.2 Å². The third-order valence-electron chi connectivity index (χ3n) is 2.18. The van der Waals surface area contributed by atoms with Gasteiger partial charge in [0.15, 0.2) is 0 Å². The summed E-state index contributed by atoms with van der Waals surface area (Å²) in [6, 6.07) is 2.50. The molecule has 0 saturated heterocycles. The summed E-state index contributed by atoms with van der Waals surface area (Å²) in [5.74, 6) is -1.18. The average molecular weight is 280 g/mol. The highest BCUT2D eigenvalue weighted by Crippen LogP contribution is 2.41. The zero-order chi connectivity index (χ0) is 12.1. The van der Waals surface area contributed by atoms with Crippen molar-refractivity contribution in [3.05, 3.63) is 28.8 Å². The number of carbonyl (C=O) groups is 2. The van der Waals surface area contributed by atoms with Gasteiger partial charge in [-0.15, -0.1) is 12.6 Å². The SMILES string of the molecule is O=C1NC(=O)c2c1ccc(C(F)(Cl)Cl)c2S. The summed E-state index contributed by atoms with van der Waals surface area (Å²) in [7, 11) is 0. The average Bonchev–Trinajstić information content (AvgIpc) is 2.41. The van der Waals surface area contributed by atoms with Gasteiger partial charge in [-0.1, -0.05) is 29.3 Å². The minimum absolute atomic E-state index is 0.00541. The fraction of sp³-hybridized carbons (Fsp3) is 0.111. The van der Waals surface area contributed by atoms with Gasteiger partial charge in [0, 0.05) is 10.5 Å². The normalized spacial score (nSPS) is 15.0. The van der Waals surface area contributed by atoms with E-state index >= 15 is 0 Å². The van der Waals surface area contributed by atoms with Gasteiger partial charge >= 0.3 is 0 Å². The molecule has 3 nitrogen and oxygen atoms in total. The first-order chi connectivity index (χ1) is 7.32. The standard InChI is InChI=1S/C9H4Cl2FNO2S/c10-9(11,12)4-2-1-3-5(6(4)16)8(15)13-7(3)14/h1-2,16H,(H,13,14,15). The minimum atomic E-state index is -2.65. The molecule has 2 rings (SSSR count). The number of hydrogen-bond donors (Lipinski definition) is 2. The van der Waals surface area contributed by atoms with Crippen LogP contribution in [0, 0.1) is 0 Å². The van der Waals surface area contributed by atoms with Gasteiger partial charge in [0.25, 0.3) is 16.4 Å². The molecule has 1 aliphatic heterocycles. The molecule has 16 heavy (non-hydrogen) atoms. The molecule has 0 saturated carbocycles. The Morgan fingerprint density at radius 2 is 1.88 bits per heavy atom. The molecule has 1 aromatic rings. The molecule has 1 aliphatic rings. The second kappa shape index (κ2) is 3.61. The fourth-order valence-corrected chi connectivity index (χ4v) is 2.37. The van der Waals surface area contributed by atoms with Crippen molar-refractivity contribution in [3.63, 3.8) is 0 Å². The summed E-state index contributed by atoms with van der Waals surface area (Å²) >= 11 is 14.5. The quantitative estimate of drug-likeness (QED) is 0.471. The molecule has 0 aromatic heterocycles. The molecular formula is C9H4Cl2FNO2S. The first kappa shape index (κ1) is 11.7. The van der Waals surface area contributed by atoms with E-state index in [1.807, 2.05) is 0 Å². The first-order valence-corrected chi connectivity index (χ1v) is 5.31. The number of thiol groups is 1. The van der Waals surface area contributed by atoms with Gasteiger partial charge in [-0.05, 0) is 6.07 Å². The lowest BCUT2D eigenvalue weighted by Gasteiger charge is -2.13. The van der Waals surface area contributed by atoms with Crippen LogP contribution in [-0.4, -0.2) is 11.8 Å². The first-order valence-electron chi connectivity index (χ1n) is 4.11. The van der Waals surface area contributed by atoms with E-state index in [-0.39, 0.29) is 21.6 Å². The smallest absolute Gasteiger partial charge is 0.284 e. The predicted octanol–water partition coefficient (Wildman–Crippen LogP) is 2.42. The van der Waals surface area contributed by atoms with Gasteiger partial charge in [0.1, 0.15) is 0 Å². The lowest BCUT2D eigenvalue weighted by Crippen LogP contribution is -2.20. The summed E-state index contributed by atoms with van der Waals surface area (Å²) in [5, 5.41) is 2.07. The molecule has 84 valence electrons. The van der Waals surface area contributed by atoms with Crippen molar-refractivity contribution < 1.29 is 14.0 Å². The molecule has 0 spiro atoms. The topological polar surface area (TPSA) is 46.2 Å². The summed E-state index contributed by atoms with van der Waals surface area (Å²) in [4.78, 5) is 22.6. The highest BCUT2D eigenvalue weighted by Gasteiger charge is 2.35. The molecule has 0 fully saturated rings. The number of nitrogens with one attached hydrogen (secondary N) is 1. The Labute approximate surface area is 105 Å². The molecule has 7 heteroatoms. The van der Waals surface area contributed by atoms with Crippen LogP contribution in [0.3, 0.4) is 0 Å². The highest BCUT2D eigenvalue weighted by atomic mass is 35.5. The predicted molar refractivity (Wildman–Crippen MR) is 60.0 cm³/mol. The Hall–Kier alpha value is -0.780. The molecule has 1 heterocycles. The maximum absolute atomic E-state index is 13.3.